The Morgan fingerprint density at radius 3 is 1.96 bits per heavy atom. The third-order valence-corrected chi connectivity index (χ3v) is 11.5. The van der Waals surface area contributed by atoms with Crippen LogP contribution in [-0.4, -0.2) is 31.5 Å². The number of ether oxygens (including phenoxy) is 1. The van der Waals surface area contributed by atoms with E-state index in [2.05, 4.69) is 44.7 Å². The number of carbonyl (C=O) groups excluding carboxylic acids is 2. The number of hydrogen-bond acceptors (Lipinski definition) is 7. The van der Waals surface area contributed by atoms with Crippen molar-refractivity contribution in [3.05, 3.63) is 109 Å². The molecule has 0 fully saturated rings. The van der Waals surface area contributed by atoms with Gasteiger partial charge in [-0.3, -0.25) is 9.59 Å². The zero-order valence-corrected chi connectivity index (χ0v) is 31.5. The highest BCUT2D eigenvalue weighted by atomic mass is 127. The highest BCUT2D eigenvalue weighted by molar-refractivity contribution is 14.1. The first-order chi connectivity index (χ1) is 22.6. The molecule has 1 heterocycles. The maximum Gasteiger partial charge on any atom is 0.339 e. The molecule has 3 aliphatic rings. The van der Waals surface area contributed by atoms with Gasteiger partial charge in [-0.1, -0.05) is 69.6 Å². The van der Waals surface area contributed by atoms with Crippen molar-refractivity contribution < 1.29 is 26.9 Å². The molecule has 0 saturated heterocycles. The Morgan fingerprint density at radius 2 is 1.42 bits per heavy atom. The van der Waals surface area contributed by atoms with Crippen LogP contribution in [0.25, 0.3) is 0 Å². The molecule has 3 aromatic rings. The van der Waals surface area contributed by atoms with Crippen molar-refractivity contribution in [3.63, 3.8) is 0 Å². The average Bonchev–Trinajstić information content (AvgIpc) is 2.99. The first kappa shape index (κ1) is 34.7. The van der Waals surface area contributed by atoms with Gasteiger partial charge >= 0.3 is 10.1 Å². The van der Waals surface area contributed by atoms with Gasteiger partial charge in [0.2, 0.25) is 0 Å². The first-order valence-electron chi connectivity index (χ1n) is 16.1. The Bertz CT molecular complexity index is 1910. The predicted molar refractivity (Wildman–Crippen MR) is 194 cm³/mol. The molecular weight excluding hydrogens is 761 g/mol. The summed E-state index contributed by atoms with van der Waals surface area (Å²) < 4.78 is 38.9. The molecule has 10 heteroatoms. The SMILES string of the molecule is CCOc1cc(C2C3=C(CC(C)(C)CC3=O)N(Cc3ccccc3)C3=C2C(=O)CC(C)(C)C3)cc(I)c1OS(=O)(=O)c1ccc(Cl)cc1. The van der Waals surface area contributed by atoms with Crippen molar-refractivity contribution in [1.82, 2.24) is 4.90 Å². The monoisotopic (exact) mass is 799 g/mol. The van der Waals surface area contributed by atoms with E-state index >= 15 is 0 Å². The second-order valence-electron chi connectivity index (χ2n) is 14.4. The van der Waals surface area contributed by atoms with Gasteiger partial charge in [0.1, 0.15) is 4.90 Å². The quantitative estimate of drug-likeness (QED) is 0.166. The summed E-state index contributed by atoms with van der Waals surface area (Å²) in [5.41, 5.74) is 4.44. The molecule has 0 aromatic heterocycles. The number of nitrogens with zero attached hydrogens (tertiary/aromatic N) is 1. The lowest BCUT2D eigenvalue weighted by molar-refractivity contribution is -0.119. The molecule has 3 aromatic carbocycles. The number of rotatable bonds is 8. The standard InChI is InChI=1S/C38H39ClINO6S/c1-6-46-32-17-24(16-27(40)36(32)47-48(44,45)26-14-12-25(39)13-15-26)33-34-28(18-37(2,3)20-30(34)42)41(22-23-10-8-7-9-11-23)29-19-38(4,5)21-31(43)35(29)33/h7-17,33H,6,18-22H2,1-5H3. The van der Waals surface area contributed by atoms with Crippen LogP contribution in [0.2, 0.25) is 5.02 Å². The molecule has 0 bridgehead atoms. The van der Waals surface area contributed by atoms with E-state index in [4.69, 9.17) is 20.5 Å². The normalized spacial score (nSPS) is 19.3. The Hall–Kier alpha value is -3.15. The van der Waals surface area contributed by atoms with Crippen LogP contribution >= 0.6 is 34.2 Å². The van der Waals surface area contributed by atoms with E-state index in [9.17, 15) is 18.0 Å². The highest BCUT2D eigenvalue weighted by Crippen LogP contribution is 2.55. The lowest BCUT2D eigenvalue weighted by atomic mass is 9.63. The molecule has 7 nitrogen and oxygen atoms in total. The fourth-order valence-electron chi connectivity index (χ4n) is 7.20. The lowest BCUT2D eigenvalue weighted by Crippen LogP contribution is -2.44. The molecule has 0 amide bonds. The van der Waals surface area contributed by atoms with Gasteiger partial charge in [-0.15, -0.1) is 0 Å². The van der Waals surface area contributed by atoms with Crippen molar-refractivity contribution >= 4 is 55.9 Å². The zero-order chi connectivity index (χ0) is 34.6. The molecule has 252 valence electrons. The molecule has 0 radical (unpaired) electrons. The van der Waals surface area contributed by atoms with E-state index in [-0.39, 0.29) is 45.4 Å². The number of ketones is 2. The van der Waals surface area contributed by atoms with Crippen LogP contribution in [0.5, 0.6) is 11.5 Å². The second kappa shape index (κ2) is 12.9. The smallest absolute Gasteiger partial charge is 0.339 e. The zero-order valence-electron chi connectivity index (χ0n) is 27.7. The fourth-order valence-corrected chi connectivity index (χ4v) is 9.16. The summed E-state index contributed by atoms with van der Waals surface area (Å²) in [6.45, 7) is 11.1. The summed E-state index contributed by atoms with van der Waals surface area (Å²) in [7, 11) is -4.23. The van der Waals surface area contributed by atoms with E-state index in [1.807, 2.05) is 46.9 Å². The van der Waals surface area contributed by atoms with Gasteiger partial charge in [-0.05, 0) is 101 Å². The van der Waals surface area contributed by atoms with Gasteiger partial charge < -0.3 is 13.8 Å². The van der Waals surface area contributed by atoms with Crippen molar-refractivity contribution in [2.45, 2.75) is 77.7 Å². The summed E-state index contributed by atoms with van der Waals surface area (Å²) in [5, 5.41) is 0.404. The molecule has 0 N–H and O–H groups in total. The predicted octanol–water partition coefficient (Wildman–Crippen LogP) is 9.00. The molecule has 48 heavy (non-hydrogen) atoms. The third kappa shape index (κ3) is 6.83. The number of hydrogen-bond donors (Lipinski definition) is 0. The van der Waals surface area contributed by atoms with Gasteiger partial charge in [0.05, 0.1) is 10.2 Å². The molecule has 1 aliphatic heterocycles. The number of carbonyl (C=O) groups is 2. The molecule has 6 rings (SSSR count). The largest absolute Gasteiger partial charge is 0.490 e. The molecular formula is C38H39ClINO6S. The van der Waals surface area contributed by atoms with Gasteiger partial charge in [0, 0.05) is 52.9 Å². The summed E-state index contributed by atoms with van der Waals surface area (Å²) in [4.78, 5) is 30.8. The summed E-state index contributed by atoms with van der Waals surface area (Å²) >= 11 is 8.03. The maximum absolute atomic E-state index is 14.3. The molecule has 0 unspecified atom stereocenters. The van der Waals surface area contributed by atoms with E-state index in [0.717, 1.165) is 17.0 Å². The Kier molecular flexibility index (Phi) is 9.36. The minimum Gasteiger partial charge on any atom is -0.490 e. The van der Waals surface area contributed by atoms with Crippen LogP contribution in [0.4, 0.5) is 0 Å². The number of halogens is 2. The van der Waals surface area contributed by atoms with Crippen molar-refractivity contribution in [3.8, 4) is 11.5 Å². The summed E-state index contributed by atoms with van der Waals surface area (Å²) in [5.74, 6) is -0.309. The number of allylic oxidation sites excluding steroid dienone is 4. The number of Topliss-reactive ketones (excluding diaryl/α,β-unsaturated/α-hetero) is 2. The van der Waals surface area contributed by atoms with E-state index in [1.54, 1.807) is 13.0 Å². The van der Waals surface area contributed by atoms with Gasteiger partial charge in [0.15, 0.2) is 23.1 Å². The van der Waals surface area contributed by atoms with Gasteiger partial charge in [-0.25, -0.2) is 0 Å². The summed E-state index contributed by atoms with van der Waals surface area (Å²) in [6.07, 6.45) is 2.08. The van der Waals surface area contributed by atoms with E-state index in [1.165, 1.54) is 24.3 Å². The average molecular weight is 800 g/mol. The van der Waals surface area contributed by atoms with E-state index in [0.29, 0.717) is 57.5 Å². The lowest BCUT2D eigenvalue weighted by Gasteiger charge is -2.49. The second-order valence-corrected chi connectivity index (χ2v) is 17.5. The van der Waals surface area contributed by atoms with Crippen LogP contribution < -0.4 is 8.92 Å². The van der Waals surface area contributed by atoms with Crippen LogP contribution in [-0.2, 0) is 26.3 Å². The minimum atomic E-state index is -4.23. The Morgan fingerprint density at radius 1 is 0.854 bits per heavy atom. The van der Waals surface area contributed by atoms with Gasteiger partial charge in [0.25, 0.3) is 0 Å². The highest BCUT2D eigenvalue weighted by Gasteiger charge is 2.49. The van der Waals surface area contributed by atoms with Crippen molar-refractivity contribution in [2.75, 3.05) is 6.61 Å². The molecule has 0 atom stereocenters. The first-order valence-corrected chi connectivity index (χ1v) is 19.0. The van der Waals surface area contributed by atoms with Gasteiger partial charge in [-0.2, -0.15) is 8.42 Å². The minimum absolute atomic E-state index is 0.0205. The van der Waals surface area contributed by atoms with Crippen molar-refractivity contribution in [1.29, 1.82) is 0 Å². The van der Waals surface area contributed by atoms with Crippen molar-refractivity contribution in [2.24, 2.45) is 10.8 Å². The molecule has 0 spiro atoms. The topological polar surface area (TPSA) is 90.0 Å². The molecule has 0 saturated carbocycles. The Labute approximate surface area is 301 Å². The van der Waals surface area contributed by atoms with Crippen LogP contribution in [0, 0.1) is 14.4 Å². The Balaban J connectivity index is 1.54. The van der Waals surface area contributed by atoms with Crippen LogP contribution in [0.3, 0.4) is 0 Å². The summed E-state index contributed by atoms with van der Waals surface area (Å²) in [6, 6.07) is 19.5. The van der Waals surface area contributed by atoms with Crippen LogP contribution in [0.15, 0.2) is 94.2 Å². The van der Waals surface area contributed by atoms with Crippen LogP contribution in [0.1, 0.15) is 77.3 Å². The van der Waals surface area contributed by atoms with E-state index < -0.39 is 16.0 Å². The third-order valence-electron chi connectivity index (χ3n) is 9.17. The maximum atomic E-state index is 14.3. The fraction of sp³-hybridized carbons (Fsp3) is 0.368. The number of benzene rings is 3. The molecule has 2 aliphatic carbocycles.